The van der Waals surface area contributed by atoms with Gasteiger partial charge < -0.3 is 9.64 Å². The van der Waals surface area contributed by atoms with Crippen molar-refractivity contribution in [1.82, 2.24) is 19.3 Å². The first kappa shape index (κ1) is 12.8. The molecule has 0 radical (unpaired) electrons. The number of aromatic nitrogens is 3. The molecule has 1 amide bonds. The molecule has 0 atom stereocenters. The third-order valence-corrected chi connectivity index (χ3v) is 3.97. The van der Waals surface area contributed by atoms with E-state index in [0.717, 1.165) is 22.4 Å². The first-order valence-corrected chi connectivity index (χ1v) is 6.94. The molecule has 0 unspecified atom stereocenters. The van der Waals surface area contributed by atoms with E-state index < -0.39 is 0 Å². The number of hydrogen-bond acceptors (Lipinski definition) is 4. The van der Waals surface area contributed by atoms with E-state index in [2.05, 4.69) is 9.97 Å². The van der Waals surface area contributed by atoms with Crippen molar-refractivity contribution < 1.29 is 9.53 Å². The fraction of sp³-hybridized carbons (Fsp3) is 0.188. The van der Waals surface area contributed by atoms with Crippen molar-refractivity contribution in [2.75, 3.05) is 14.2 Å². The Hall–Kier alpha value is -2.89. The zero-order valence-corrected chi connectivity index (χ0v) is 12.3. The van der Waals surface area contributed by atoms with Crippen molar-refractivity contribution in [2.45, 2.75) is 6.54 Å². The van der Waals surface area contributed by atoms with E-state index in [9.17, 15) is 4.79 Å². The average Bonchev–Trinajstić information content (AvgIpc) is 3.08. The van der Waals surface area contributed by atoms with Gasteiger partial charge in [0.25, 0.3) is 11.8 Å². The molecular formula is C16H14N4O2. The highest BCUT2D eigenvalue weighted by Gasteiger charge is 2.24. The fourth-order valence-electron chi connectivity index (χ4n) is 2.88. The second kappa shape index (κ2) is 4.56. The van der Waals surface area contributed by atoms with E-state index in [0.29, 0.717) is 18.1 Å². The van der Waals surface area contributed by atoms with Crippen LogP contribution in [0.4, 0.5) is 0 Å². The Bertz CT molecular complexity index is 900. The molecule has 110 valence electrons. The molecule has 0 bridgehead atoms. The van der Waals surface area contributed by atoms with Crippen LogP contribution in [0.3, 0.4) is 0 Å². The Morgan fingerprint density at radius 3 is 2.95 bits per heavy atom. The van der Waals surface area contributed by atoms with Gasteiger partial charge in [0.05, 0.1) is 19.0 Å². The Morgan fingerprint density at radius 2 is 2.14 bits per heavy atom. The van der Waals surface area contributed by atoms with Crippen LogP contribution in [0.5, 0.6) is 5.88 Å². The second-order valence-electron chi connectivity index (χ2n) is 5.31. The zero-order chi connectivity index (χ0) is 15.3. The molecule has 1 aromatic carbocycles. The van der Waals surface area contributed by atoms with Gasteiger partial charge >= 0.3 is 0 Å². The first-order valence-electron chi connectivity index (χ1n) is 6.94. The van der Waals surface area contributed by atoms with Gasteiger partial charge in [0.2, 0.25) is 5.65 Å². The predicted octanol–water partition coefficient (Wildman–Crippen LogP) is 1.99. The van der Waals surface area contributed by atoms with Crippen molar-refractivity contribution in [3.8, 4) is 17.1 Å². The largest absolute Gasteiger partial charge is 0.478 e. The SMILES string of the molecule is COc1nccn2c(-c3ccc4c(c3)CN(C)C4=O)cnc12. The van der Waals surface area contributed by atoms with E-state index >= 15 is 0 Å². The van der Waals surface area contributed by atoms with Crippen LogP contribution in [0, 0.1) is 0 Å². The van der Waals surface area contributed by atoms with Crippen LogP contribution < -0.4 is 4.74 Å². The lowest BCUT2D eigenvalue weighted by Crippen LogP contribution is -2.17. The predicted molar refractivity (Wildman–Crippen MR) is 80.8 cm³/mol. The summed E-state index contributed by atoms with van der Waals surface area (Å²) in [5.41, 5.74) is 4.46. The van der Waals surface area contributed by atoms with Crippen LogP contribution in [0.1, 0.15) is 15.9 Å². The molecule has 3 aromatic rings. The van der Waals surface area contributed by atoms with Gasteiger partial charge in [-0.05, 0) is 17.7 Å². The van der Waals surface area contributed by atoms with Crippen molar-refractivity contribution >= 4 is 11.6 Å². The molecule has 1 aliphatic rings. The number of benzene rings is 1. The number of rotatable bonds is 2. The molecule has 22 heavy (non-hydrogen) atoms. The molecule has 1 aliphatic heterocycles. The van der Waals surface area contributed by atoms with Crippen molar-refractivity contribution in [3.05, 3.63) is 47.9 Å². The summed E-state index contributed by atoms with van der Waals surface area (Å²) in [7, 11) is 3.39. The van der Waals surface area contributed by atoms with Crippen LogP contribution >= 0.6 is 0 Å². The Balaban J connectivity index is 1.87. The topological polar surface area (TPSA) is 59.7 Å². The van der Waals surface area contributed by atoms with Crippen LogP contribution in [0.2, 0.25) is 0 Å². The number of fused-ring (bicyclic) bond motifs is 2. The lowest BCUT2D eigenvalue weighted by Gasteiger charge is -2.05. The smallest absolute Gasteiger partial charge is 0.258 e. The van der Waals surface area contributed by atoms with E-state index in [4.69, 9.17) is 4.74 Å². The maximum absolute atomic E-state index is 12.0. The molecular weight excluding hydrogens is 280 g/mol. The summed E-state index contributed by atoms with van der Waals surface area (Å²) < 4.78 is 7.17. The third kappa shape index (κ3) is 1.70. The van der Waals surface area contributed by atoms with Gasteiger partial charge in [-0.3, -0.25) is 9.20 Å². The second-order valence-corrected chi connectivity index (χ2v) is 5.31. The summed E-state index contributed by atoms with van der Waals surface area (Å²) in [5, 5.41) is 0. The minimum absolute atomic E-state index is 0.0746. The molecule has 0 aliphatic carbocycles. The van der Waals surface area contributed by atoms with Crippen LogP contribution in [0.25, 0.3) is 16.9 Å². The highest BCUT2D eigenvalue weighted by Crippen LogP contribution is 2.29. The molecule has 6 heteroatoms. The zero-order valence-electron chi connectivity index (χ0n) is 12.3. The molecule has 4 rings (SSSR count). The van der Waals surface area contributed by atoms with Gasteiger partial charge in [-0.25, -0.2) is 9.97 Å². The molecule has 0 N–H and O–H groups in total. The number of carbonyl (C=O) groups is 1. The summed E-state index contributed by atoms with van der Waals surface area (Å²) in [6, 6.07) is 5.88. The highest BCUT2D eigenvalue weighted by atomic mass is 16.5. The van der Waals surface area contributed by atoms with E-state index in [-0.39, 0.29) is 5.91 Å². The van der Waals surface area contributed by atoms with Gasteiger partial charge in [-0.2, -0.15) is 0 Å². The molecule has 0 fully saturated rings. The standard InChI is InChI=1S/C16H14N4O2/c1-19-9-11-7-10(3-4-12(11)16(19)21)13-8-18-14-15(22-2)17-5-6-20(13)14/h3-8H,9H2,1-2H3. The monoisotopic (exact) mass is 294 g/mol. The maximum Gasteiger partial charge on any atom is 0.258 e. The molecule has 0 saturated heterocycles. The molecule has 2 aromatic heterocycles. The van der Waals surface area contributed by atoms with Crippen LogP contribution in [-0.2, 0) is 6.54 Å². The first-order chi connectivity index (χ1) is 10.7. The summed E-state index contributed by atoms with van der Waals surface area (Å²) in [6.45, 7) is 0.642. The Morgan fingerprint density at radius 1 is 1.27 bits per heavy atom. The van der Waals surface area contributed by atoms with Gasteiger partial charge in [-0.15, -0.1) is 0 Å². The molecule has 0 saturated carbocycles. The Labute approximate surface area is 127 Å². The number of imidazole rings is 1. The number of amides is 1. The minimum atomic E-state index is 0.0746. The highest BCUT2D eigenvalue weighted by molar-refractivity contribution is 5.98. The van der Waals surface area contributed by atoms with Crippen LogP contribution in [-0.4, -0.2) is 39.3 Å². The summed E-state index contributed by atoms with van der Waals surface area (Å²) in [5.74, 6) is 0.565. The van der Waals surface area contributed by atoms with Crippen molar-refractivity contribution in [3.63, 3.8) is 0 Å². The van der Waals surface area contributed by atoms with Gasteiger partial charge in [-0.1, -0.05) is 6.07 Å². The summed E-state index contributed by atoms with van der Waals surface area (Å²) in [6.07, 6.45) is 5.33. The third-order valence-electron chi connectivity index (χ3n) is 3.97. The lowest BCUT2D eigenvalue weighted by atomic mass is 10.0. The minimum Gasteiger partial charge on any atom is -0.478 e. The normalized spacial score (nSPS) is 13.7. The van der Waals surface area contributed by atoms with Gasteiger partial charge in [0.15, 0.2) is 0 Å². The average molecular weight is 294 g/mol. The van der Waals surface area contributed by atoms with Crippen molar-refractivity contribution in [2.24, 2.45) is 0 Å². The van der Waals surface area contributed by atoms with Gasteiger partial charge in [0, 0.05) is 37.1 Å². The van der Waals surface area contributed by atoms with E-state index in [1.54, 1.807) is 24.4 Å². The summed E-state index contributed by atoms with van der Waals surface area (Å²) >= 11 is 0. The van der Waals surface area contributed by atoms with Crippen LogP contribution in [0.15, 0.2) is 36.8 Å². The molecule has 6 nitrogen and oxygen atoms in total. The van der Waals surface area contributed by atoms with Crippen molar-refractivity contribution in [1.29, 1.82) is 0 Å². The van der Waals surface area contributed by atoms with Gasteiger partial charge in [0.1, 0.15) is 0 Å². The maximum atomic E-state index is 12.0. The number of nitrogens with zero attached hydrogens (tertiary/aromatic N) is 4. The lowest BCUT2D eigenvalue weighted by molar-refractivity contribution is 0.0816. The quantitative estimate of drug-likeness (QED) is 0.725. The van der Waals surface area contributed by atoms with E-state index in [1.807, 2.05) is 35.8 Å². The fourth-order valence-corrected chi connectivity index (χ4v) is 2.88. The molecule has 0 spiro atoms. The number of ether oxygens (including phenoxy) is 1. The number of methoxy groups -OCH3 is 1. The Kier molecular flexibility index (Phi) is 2.66. The number of hydrogen-bond donors (Lipinski definition) is 0. The molecule has 3 heterocycles. The summed E-state index contributed by atoms with van der Waals surface area (Å²) in [4.78, 5) is 22.2. The number of carbonyl (C=O) groups excluding carboxylic acids is 1. The van der Waals surface area contributed by atoms with E-state index in [1.165, 1.54) is 0 Å².